The fourth-order valence-electron chi connectivity index (χ4n) is 1.35. The lowest BCUT2D eigenvalue weighted by molar-refractivity contribution is -0.154. The summed E-state index contributed by atoms with van der Waals surface area (Å²) in [5.41, 5.74) is -0.325. The van der Waals surface area contributed by atoms with E-state index < -0.39 is 0 Å². The second-order valence-electron chi connectivity index (χ2n) is 4.84. The van der Waals surface area contributed by atoms with Crippen LogP contribution in [0, 0.1) is 11.3 Å². The van der Waals surface area contributed by atoms with Gasteiger partial charge in [-0.25, -0.2) is 0 Å². The highest BCUT2D eigenvalue weighted by atomic mass is 16.5. The molecule has 0 atom stereocenters. The molecular formula is C13H26O2. The first kappa shape index (κ1) is 14.5. The van der Waals surface area contributed by atoms with E-state index in [2.05, 4.69) is 13.8 Å². The van der Waals surface area contributed by atoms with Gasteiger partial charge in [0.2, 0.25) is 0 Å². The second kappa shape index (κ2) is 6.86. The zero-order valence-electron chi connectivity index (χ0n) is 10.9. The Bertz CT molecular complexity index is 181. The molecule has 0 bridgehead atoms. The van der Waals surface area contributed by atoms with E-state index in [1.54, 1.807) is 0 Å². The second-order valence-corrected chi connectivity index (χ2v) is 4.84. The molecule has 2 heteroatoms. The van der Waals surface area contributed by atoms with Gasteiger partial charge in [0.25, 0.3) is 0 Å². The van der Waals surface area contributed by atoms with Crippen molar-refractivity contribution in [3.05, 3.63) is 0 Å². The van der Waals surface area contributed by atoms with Gasteiger partial charge in [0.15, 0.2) is 0 Å². The highest BCUT2D eigenvalue weighted by Crippen LogP contribution is 2.22. The molecule has 0 aromatic heterocycles. The molecule has 0 saturated carbocycles. The Labute approximate surface area is 94.4 Å². The maximum absolute atomic E-state index is 11.6. The summed E-state index contributed by atoms with van der Waals surface area (Å²) in [7, 11) is 0. The van der Waals surface area contributed by atoms with Crippen LogP contribution in [0.25, 0.3) is 0 Å². The summed E-state index contributed by atoms with van der Waals surface area (Å²) >= 11 is 0. The molecule has 0 heterocycles. The number of hydrogen-bond donors (Lipinski definition) is 0. The van der Waals surface area contributed by atoms with E-state index in [4.69, 9.17) is 4.74 Å². The van der Waals surface area contributed by atoms with Crippen molar-refractivity contribution >= 4 is 5.97 Å². The van der Waals surface area contributed by atoms with E-state index in [0.717, 1.165) is 12.8 Å². The number of esters is 1. The number of carbonyl (C=O) groups excluding carboxylic acids is 1. The predicted molar refractivity (Wildman–Crippen MR) is 63.7 cm³/mol. The van der Waals surface area contributed by atoms with Gasteiger partial charge in [0.1, 0.15) is 0 Å². The molecule has 0 N–H and O–H groups in total. The number of carbonyl (C=O) groups is 1. The molecule has 0 rings (SSSR count). The van der Waals surface area contributed by atoms with Crippen LogP contribution in [-0.4, -0.2) is 12.6 Å². The summed E-state index contributed by atoms with van der Waals surface area (Å²) in [4.78, 5) is 11.6. The normalized spacial score (nSPS) is 11.9. The van der Waals surface area contributed by atoms with Crippen molar-refractivity contribution in [3.63, 3.8) is 0 Å². The highest BCUT2D eigenvalue weighted by molar-refractivity contribution is 5.75. The van der Waals surface area contributed by atoms with E-state index in [0.29, 0.717) is 12.5 Å². The summed E-state index contributed by atoms with van der Waals surface area (Å²) in [5, 5.41) is 0. The molecule has 0 saturated heterocycles. The van der Waals surface area contributed by atoms with Crippen molar-refractivity contribution < 1.29 is 9.53 Å². The van der Waals surface area contributed by atoms with Crippen molar-refractivity contribution in [3.8, 4) is 0 Å². The monoisotopic (exact) mass is 214 g/mol. The van der Waals surface area contributed by atoms with Crippen LogP contribution in [0.5, 0.6) is 0 Å². The Balaban J connectivity index is 3.82. The fraction of sp³-hybridized carbons (Fsp3) is 0.923. The van der Waals surface area contributed by atoms with Gasteiger partial charge in [0, 0.05) is 0 Å². The maximum Gasteiger partial charge on any atom is 0.311 e. The average Bonchev–Trinajstić information content (AvgIpc) is 2.24. The Kier molecular flexibility index (Phi) is 6.62. The SMILES string of the molecule is CCC(CC)CCOC(=O)C(C)(C)CC. The summed E-state index contributed by atoms with van der Waals surface area (Å²) in [6.45, 7) is 10.8. The van der Waals surface area contributed by atoms with Gasteiger partial charge in [0.05, 0.1) is 12.0 Å². The number of rotatable bonds is 7. The summed E-state index contributed by atoms with van der Waals surface area (Å²) in [6.07, 6.45) is 4.17. The average molecular weight is 214 g/mol. The van der Waals surface area contributed by atoms with Crippen LogP contribution in [0.15, 0.2) is 0 Å². The van der Waals surface area contributed by atoms with Gasteiger partial charge in [-0.05, 0) is 32.6 Å². The molecule has 90 valence electrons. The molecule has 0 aliphatic rings. The van der Waals surface area contributed by atoms with E-state index >= 15 is 0 Å². The lowest BCUT2D eigenvalue weighted by Gasteiger charge is -2.21. The van der Waals surface area contributed by atoms with Crippen molar-refractivity contribution in [2.24, 2.45) is 11.3 Å². The van der Waals surface area contributed by atoms with Gasteiger partial charge in [-0.2, -0.15) is 0 Å². The van der Waals surface area contributed by atoms with E-state index in [9.17, 15) is 4.79 Å². The molecule has 0 spiro atoms. The van der Waals surface area contributed by atoms with E-state index in [-0.39, 0.29) is 11.4 Å². The van der Waals surface area contributed by atoms with Gasteiger partial charge >= 0.3 is 5.97 Å². The predicted octanol–water partition coefficient (Wildman–Crippen LogP) is 3.79. The highest BCUT2D eigenvalue weighted by Gasteiger charge is 2.26. The zero-order valence-corrected chi connectivity index (χ0v) is 10.9. The zero-order chi connectivity index (χ0) is 11.9. The van der Waals surface area contributed by atoms with Crippen LogP contribution in [0.2, 0.25) is 0 Å². The molecule has 0 radical (unpaired) electrons. The number of ether oxygens (including phenoxy) is 1. The van der Waals surface area contributed by atoms with Gasteiger partial charge in [-0.15, -0.1) is 0 Å². The molecule has 0 aliphatic heterocycles. The van der Waals surface area contributed by atoms with Gasteiger partial charge in [-0.3, -0.25) is 4.79 Å². The Morgan fingerprint density at radius 2 is 1.73 bits per heavy atom. The molecule has 0 aliphatic carbocycles. The third-order valence-electron chi connectivity index (χ3n) is 3.35. The fourth-order valence-corrected chi connectivity index (χ4v) is 1.35. The summed E-state index contributed by atoms with van der Waals surface area (Å²) in [5.74, 6) is 0.637. The molecular weight excluding hydrogens is 188 g/mol. The molecule has 0 aromatic rings. The standard InChI is InChI=1S/C13H26O2/c1-6-11(7-2)9-10-15-12(14)13(4,5)8-3/h11H,6-10H2,1-5H3. The molecule has 0 unspecified atom stereocenters. The molecule has 0 fully saturated rings. The van der Waals surface area contributed by atoms with Gasteiger partial charge < -0.3 is 4.74 Å². The van der Waals surface area contributed by atoms with Crippen LogP contribution in [0.3, 0.4) is 0 Å². The van der Waals surface area contributed by atoms with Crippen molar-refractivity contribution in [1.82, 2.24) is 0 Å². The Morgan fingerprint density at radius 3 is 2.13 bits per heavy atom. The molecule has 2 nitrogen and oxygen atoms in total. The topological polar surface area (TPSA) is 26.3 Å². The maximum atomic E-state index is 11.6. The molecule has 15 heavy (non-hydrogen) atoms. The first-order valence-electron chi connectivity index (χ1n) is 6.15. The Morgan fingerprint density at radius 1 is 1.20 bits per heavy atom. The first-order valence-corrected chi connectivity index (χ1v) is 6.15. The quantitative estimate of drug-likeness (QED) is 0.603. The minimum atomic E-state index is -0.325. The van der Waals surface area contributed by atoms with Crippen LogP contribution >= 0.6 is 0 Å². The summed E-state index contributed by atoms with van der Waals surface area (Å²) in [6, 6.07) is 0. The third kappa shape index (κ3) is 5.19. The van der Waals surface area contributed by atoms with Crippen molar-refractivity contribution in [2.75, 3.05) is 6.61 Å². The van der Waals surface area contributed by atoms with Gasteiger partial charge in [-0.1, -0.05) is 33.6 Å². The van der Waals surface area contributed by atoms with Crippen molar-refractivity contribution in [1.29, 1.82) is 0 Å². The minimum absolute atomic E-state index is 0.0593. The van der Waals surface area contributed by atoms with Crippen LogP contribution < -0.4 is 0 Å². The number of hydrogen-bond acceptors (Lipinski definition) is 2. The van der Waals surface area contributed by atoms with Crippen LogP contribution in [-0.2, 0) is 9.53 Å². The minimum Gasteiger partial charge on any atom is -0.465 e. The summed E-state index contributed by atoms with van der Waals surface area (Å²) < 4.78 is 5.29. The smallest absolute Gasteiger partial charge is 0.311 e. The van der Waals surface area contributed by atoms with Crippen LogP contribution in [0.1, 0.15) is 60.3 Å². The van der Waals surface area contributed by atoms with E-state index in [1.165, 1.54) is 12.8 Å². The molecule has 0 amide bonds. The third-order valence-corrected chi connectivity index (χ3v) is 3.35. The van der Waals surface area contributed by atoms with E-state index in [1.807, 2.05) is 20.8 Å². The lowest BCUT2D eigenvalue weighted by atomic mass is 9.90. The molecule has 0 aromatic carbocycles. The lowest BCUT2D eigenvalue weighted by Crippen LogP contribution is -2.26. The van der Waals surface area contributed by atoms with Crippen LogP contribution in [0.4, 0.5) is 0 Å². The van der Waals surface area contributed by atoms with Crippen molar-refractivity contribution in [2.45, 2.75) is 60.3 Å². The Hall–Kier alpha value is -0.530. The first-order chi connectivity index (χ1) is 6.97. The largest absolute Gasteiger partial charge is 0.465 e.